The van der Waals surface area contributed by atoms with Crippen molar-refractivity contribution in [1.29, 1.82) is 5.26 Å². The van der Waals surface area contributed by atoms with Gasteiger partial charge < -0.3 is 5.21 Å². The predicted molar refractivity (Wildman–Crippen MR) is 100 cm³/mol. The van der Waals surface area contributed by atoms with Gasteiger partial charge in [0.15, 0.2) is 10.8 Å². The summed E-state index contributed by atoms with van der Waals surface area (Å²) < 4.78 is 2.71. The molecule has 0 radical (unpaired) electrons. The Kier molecular flexibility index (Phi) is 5.12. The van der Waals surface area contributed by atoms with E-state index in [-0.39, 0.29) is 22.5 Å². The third-order valence-corrected chi connectivity index (χ3v) is 4.47. The Labute approximate surface area is 156 Å². The van der Waals surface area contributed by atoms with E-state index < -0.39 is 5.56 Å². The number of aromatic nitrogens is 3. The van der Waals surface area contributed by atoms with Crippen molar-refractivity contribution < 1.29 is 5.21 Å². The Morgan fingerprint density at radius 1 is 1.44 bits per heavy atom. The van der Waals surface area contributed by atoms with E-state index in [1.807, 2.05) is 43.3 Å². The van der Waals surface area contributed by atoms with Gasteiger partial charge in [-0.25, -0.2) is 0 Å². The highest BCUT2D eigenvalue weighted by Gasteiger charge is 2.23. The van der Waals surface area contributed by atoms with Gasteiger partial charge in [0.1, 0.15) is 11.6 Å². The van der Waals surface area contributed by atoms with E-state index in [1.165, 1.54) is 11.8 Å². The monoisotopic (exact) mass is 380 g/mol. The number of thioether (sulfide) groups is 1. The standard InChI is InChI=1S/C16H12N8O2S/c1-2-27-16-21-24-14(23(16)10-6-4-3-5-7-10)11(8-17)13(20-22-18)12(9-19-26)15(24)25/h3-7,9,26H,2H2,1H3/b19-9+. The van der Waals surface area contributed by atoms with Crippen molar-refractivity contribution >= 4 is 29.3 Å². The molecule has 3 rings (SSSR count). The fraction of sp³-hybridized carbons (Fsp3) is 0.125. The zero-order chi connectivity index (χ0) is 19.4. The van der Waals surface area contributed by atoms with E-state index in [0.717, 1.165) is 10.7 Å². The van der Waals surface area contributed by atoms with E-state index in [9.17, 15) is 10.1 Å². The van der Waals surface area contributed by atoms with Crippen LogP contribution in [0.3, 0.4) is 0 Å². The molecule has 1 N–H and O–H groups in total. The van der Waals surface area contributed by atoms with E-state index in [0.29, 0.717) is 16.6 Å². The Morgan fingerprint density at radius 3 is 2.78 bits per heavy atom. The first-order valence-electron chi connectivity index (χ1n) is 7.70. The van der Waals surface area contributed by atoms with Crippen LogP contribution in [0.4, 0.5) is 5.69 Å². The summed E-state index contributed by atoms with van der Waals surface area (Å²) in [5.41, 5.74) is 8.57. The van der Waals surface area contributed by atoms with Crippen LogP contribution in [0, 0.1) is 11.3 Å². The molecule has 27 heavy (non-hydrogen) atoms. The lowest BCUT2D eigenvalue weighted by molar-refractivity contribution is 0.322. The first kappa shape index (κ1) is 18.1. The van der Waals surface area contributed by atoms with Gasteiger partial charge >= 0.3 is 0 Å². The molecule has 10 nitrogen and oxygen atoms in total. The van der Waals surface area contributed by atoms with Gasteiger partial charge in [0, 0.05) is 10.6 Å². The summed E-state index contributed by atoms with van der Waals surface area (Å²) in [6.07, 6.45) is 0.827. The van der Waals surface area contributed by atoms with Crippen LogP contribution >= 0.6 is 11.8 Å². The highest BCUT2D eigenvalue weighted by atomic mass is 32.2. The predicted octanol–water partition coefficient (Wildman–Crippen LogP) is 3.22. The first-order valence-corrected chi connectivity index (χ1v) is 8.69. The number of hydrogen-bond donors (Lipinski definition) is 1. The molecule has 0 spiro atoms. The molecule has 11 heteroatoms. The number of para-hydroxylation sites is 1. The molecule has 1 aromatic carbocycles. The minimum atomic E-state index is -0.670. The van der Waals surface area contributed by atoms with Gasteiger partial charge in [0.25, 0.3) is 5.56 Å². The highest BCUT2D eigenvalue weighted by Crippen LogP contribution is 2.30. The van der Waals surface area contributed by atoms with Crippen LogP contribution in [0.2, 0.25) is 0 Å². The van der Waals surface area contributed by atoms with Crippen LogP contribution < -0.4 is 5.56 Å². The number of azide groups is 1. The van der Waals surface area contributed by atoms with Crippen molar-refractivity contribution in [3.05, 3.63) is 62.3 Å². The third kappa shape index (κ3) is 2.99. The zero-order valence-corrected chi connectivity index (χ0v) is 14.8. The highest BCUT2D eigenvalue weighted by molar-refractivity contribution is 7.99. The van der Waals surface area contributed by atoms with E-state index in [2.05, 4.69) is 20.3 Å². The SMILES string of the molecule is CCSc1nn2c(=O)c(/C=N/O)c(N=[N+]=[N-])c(C#N)c2n1-c1ccccc1. The molecule has 0 aliphatic carbocycles. The van der Waals surface area contributed by atoms with E-state index in [1.54, 1.807) is 4.57 Å². The Bertz CT molecular complexity index is 1180. The summed E-state index contributed by atoms with van der Waals surface area (Å²) in [6.45, 7) is 1.93. The summed E-state index contributed by atoms with van der Waals surface area (Å²) in [6, 6.07) is 11.1. The Balaban J connectivity index is 2.59. The lowest BCUT2D eigenvalue weighted by Gasteiger charge is -2.09. The van der Waals surface area contributed by atoms with E-state index in [4.69, 9.17) is 10.7 Å². The number of rotatable bonds is 5. The minimum absolute atomic E-state index is 0.0541. The fourth-order valence-electron chi connectivity index (χ4n) is 2.64. The summed E-state index contributed by atoms with van der Waals surface area (Å²) in [4.78, 5) is 15.6. The number of oxime groups is 1. The summed E-state index contributed by atoms with van der Waals surface area (Å²) in [5.74, 6) is 0.682. The number of hydrogen-bond acceptors (Lipinski definition) is 7. The largest absolute Gasteiger partial charge is 0.411 e. The van der Waals surface area contributed by atoms with Gasteiger partial charge in [0.05, 0.1) is 17.5 Å². The molecule has 0 bridgehead atoms. The van der Waals surface area contributed by atoms with Gasteiger partial charge in [-0.05, 0) is 23.4 Å². The molecule has 0 saturated heterocycles. The summed E-state index contributed by atoms with van der Waals surface area (Å²) >= 11 is 1.39. The van der Waals surface area contributed by atoms with Gasteiger partial charge in [-0.15, -0.1) is 5.10 Å². The van der Waals surface area contributed by atoms with Crippen LogP contribution in [0.5, 0.6) is 0 Å². The number of benzene rings is 1. The zero-order valence-electron chi connectivity index (χ0n) is 14.0. The summed E-state index contributed by atoms with van der Waals surface area (Å²) in [7, 11) is 0. The smallest absolute Gasteiger partial charge is 0.282 e. The second kappa shape index (κ2) is 7.65. The van der Waals surface area contributed by atoms with Gasteiger partial charge in [0.2, 0.25) is 0 Å². The van der Waals surface area contributed by atoms with Crippen LogP contribution in [0.1, 0.15) is 18.1 Å². The van der Waals surface area contributed by atoms with Gasteiger partial charge in [-0.1, -0.05) is 47.2 Å². The molecule has 2 heterocycles. The molecule has 0 aliphatic heterocycles. The van der Waals surface area contributed by atoms with Crippen LogP contribution in [-0.4, -0.2) is 31.4 Å². The molecule has 3 aromatic rings. The number of nitrogens with zero attached hydrogens (tertiary/aromatic N) is 8. The fourth-order valence-corrected chi connectivity index (χ4v) is 3.35. The molecule has 2 aromatic heterocycles. The van der Waals surface area contributed by atoms with Crippen LogP contribution in [0.25, 0.3) is 21.8 Å². The molecule has 0 aliphatic rings. The number of fused-ring (bicyclic) bond motifs is 1. The molecular formula is C16H12N8O2S. The molecular weight excluding hydrogens is 368 g/mol. The van der Waals surface area contributed by atoms with Gasteiger partial charge in [-0.2, -0.15) is 9.78 Å². The van der Waals surface area contributed by atoms with Crippen molar-refractivity contribution in [2.75, 3.05) is 5.75 Å². The first-order chi connectivity index (χ1) is 13.2. The minimum Gasteiger partial charge on any atom is -0.411 e. The Hall–Kier alpha value is -3.74. The maximum Gasteiger partial charge on any atom is 0.282 e. The summed E-state index contributed by atoms with van der Waals surface area (Å²) in [5, 5.41) is 29.8. The van der Waals surface area contributed by atoms with Crippen molar-refractivity contribution in [1.82, 2.24) is 14.2 Å². The van der Waals surface area contributed by atoms with Crippen LogP contribution in [0.15, 0.2) is 50.6 Å². The number of nitriles is 1. The van der Waals surface area contributed by atoms with Crippen molar-refractivity contribution in [3.63, 3.8) is 0 Å². The molecule has 0 fully saturated rings. The molecule has 0 atom stereocenters. The number of pyridine rings is 1. The van der Waals surface area contributed by atoms with Crippen molar-refractivity contribution in [2.24, 2.45) is 10.3 Å². The van der Waals surface area contributed by atoms with Crippen molar-refractivity contribution in [3.8, 4) is 11.8 Å². The maximum absolute atomic E-state index is 12.9. The quantitative estimate of drug-likeness (QED) is 0.137. The molecule has 0 unspecified atom stereocenters. The lowest BCUT2D eigenvalue weighted by Crippen LogP contribution is -2.20. The molecule has 0 saturated carbocycles. The second-order valence-electron chi connectivity index (χ2n) is 5.11. The molecule has 134 valence electrons. The topological polar surface area (TPSA) is 144 Å². The second-order valence-corrected chi connectivity index (χ2v) is 6.34. The average Bonchev–Trinajstić information content (AvgIpc) is 3.06. The average molecular weight is 380 g/mol. The van der Waals surface area contributed by atoms with E-state index >= 15 is 0 Å². The molecule has 0 amide bonds. The third-order valence-electron chi connectivity index (χ3n) is 3.66. The normalized spacial score (nSPS) is 10.8. The lowest BCUT2D eigenvalue weighted by atomic mass is 10.1. The van der Waals surface area contributed by atoms with Crippen LogP contribution in [-0.2, 0) is 0 Å². The Morgan fingerprint density at radius 2 is 2.19 bits per heavy atom. The van der Waals surface area contributed by atoms with Gasteiger partial charge in [-0.3, -0.25) is 9.36 Å². The van der Waals surface area contributed by atoms with Crippen molar-refractivity contribution in [2.45, 2.75) is 12.1 Å². The maximum atomic E-state index is 12.9.